The van der Waals surface area contributed by atoms with E-state index in [-0.39, 0.29) is 12.2 Å². The molecule has 4 aromatic carbocycles. The summed E-state index contributed by atoms with van der Waals surface area (Å²) in [5.74, 6) is 0.136. The Labute approximate surface area is 271 Å². The predicted octanol–water partition coefficient (Wildman–Crippen LogP) is 6.15. The Morgan fingerprint density at radius 1 is 1.02 bits per heavy atom. The maximum absolute atomic E-state index is 14.1. The van der Waals surface area contributed by atoms with Crippen LogP contribution < -0.4 is 19.6 Å². The van der Waals surface area contributed by atoms with Gasteiger partial charge in [0.25, 0.3) is 5.56 Å². The van der Waals surface area contributed by atoms with Gasteiger partial charge in [0.15, 0.2) is 4.80 Å². The van der Waals surface area contributed by atoms with Crippen molar-refractivity contribution < 1.29 is 14.3 Å². The van der Waals surface area contributed by atoms with E-state index in [1.54, 1.807) is 23.6 Å². The van der Waals surface area contributed by atoms with E-state index in [9.17, 15) is 9.59 Å². The Balaban J connectivity index is 1.42. The average Bonchev–Trinajstić information content (AvgIpc) is 3.38. The van der Waals surface area contributed by atoms with E-state index in [1.165, 1.54) is 11.3 Å². The summed E-state index contributed by atoms with van der Waals surface area (Å²) in [5.41, 5.74) is 4.43. The smallest absolute Gasteiger partial charge is 0.338 e. The summed E-state index contributed by atoms with van der Waals surface area (Å²) in [6, 6.07) is 33.2. The normalized spacial score (nSPS) is 14.3. The maximum Gasteiger partial charge on any atom is 0.338 e. The molecule has 9 heteroatoms. The molecule has 0 spiro atoms. The van der Waals surface area contributed by atoms with E-state index in [4.69, 9.17) is 19.7 Å². The maximum atomic E-state index is 14.1. The van der Waals surface area contributed by atoms with E-state index >= 15 is 0 Å². The molecule has 0 unspecified atom stereocenters. The lowest BCUT2D eigenvalue weighted by molar-refractivity contribution is -0.138. The van der Waals surface area contributed by atoms with Crippen LogP contribution in [0.5, 0.6) is 5.75 Å². The van der Waals surface area contributed by atoms with Gasteiger partial charge in [-0.15, -0.1) is 0 Å². The molecule has 1 aromatic heterocycles. The van der Waals surface area contributed by atoms with Crippen LogP contribution in [-0.2, 0) is 16.1 Å². The minimum Gasteiger partial charge on any atom is -0.488 e. The van der Waals surface area contributed by atoms with Crippen molar-refractivity contribution in [3.63, 3.8) is 0 Å². The lowest BCUT2D eigenvalue weighted by Gasteiger charge is -2.25. The highest BCUT2D eigenvalue weighted by molar-refractivity contribution is 9.10. The number of nitrogens with zero attached hydrogens (tertiary/aromatic N) is 3. The molecular formula is C36H26BrN3O4S. The summed E-state index contributed by atoms with van der Waals surface area (Å²) >= 11 is 4.87. The Hall–Kier alpha value is -5.04. The first-order valence-corrected chi connectivity index (χ1v) is 15.8. The standard InChI is InChI=1S/C36H26BrN3O4S/c1-2-43-35(42)31-32(26-9-5-3-6-10-26)39-36-40(33(31)27-11-7-4-8-12-27)34(41)30(45-36)20-25-17-18-29(28(37)19-25)44-22-24-15-13-23(21-38)14-16-24/h3-20,33H,2,22H2,1H3/b30-20-/t33-/m1/s1. The Morgan fingerprint density at radius 3 is 2.40 bits per heavy atom. The van der Waals surface area contributed by atoms with Crippen molar-refractivity contribution in [3.05, 3.63) is 161 Å². The topological polar surface area (TPSA) is 93.7 Å². The number of hydrogen-bond acceptors (Lipinski definition) is 7. The molecule has 1 atom stereocenters. The first-order valence-electron chi connectivity index (χ1n) is 14.2. The molecule has 0 fully saturated rings. The Bertz CT molecular complexity index is 2130. The second-order valence-corrected chi connectivity index (χ2v) is 12.0. The molecule has 0 bridgehead atoms. The highest BCUT2D eigenvalue weighted by Crippen LogP contribution is 2.35. The second kappa shape index (κ2) is 13.3. The molecule has 0 aliphatic carbocycles. The Morgan fingerprint density at radius 2 is 1.73 bits per heavy atom. The number of carbonyl (C=O) groups is 1. The highest BCUT2D eigenvalue weighted by atomic mass is 79.9. The van der Waals surface area contributed by atoms with Gasteiger partial charge in [0.1, 0.15) is 12.4 Å². The highest BCUT2D eigenvalue weighted by Gasteiger charge is 2.35. The molecule has 0 saturated carbocycles. The fourth-order valence-corrected chi connectivity index (χ4v) is 6.61. The number of esters is 1. The van der Waals surface area contributed by atoms with E-state index in [0.717, 1.165) is 26.7 Å². The van der Waals surface area contributed by atoms with Crippen molar-refractivity contribution in [3.8, 4) is 11.8 Å². The van der Waals surface area contributed by atoms with Crippen LogP contribution in [0.3, 0.4) is 0 Å². The van der Waals surface area contributed by atoms with Crippen molar-refractivity contribution in [1.29, 1.82) is 5.26 Å². The third-order valence-corrected chi connectivity index (χ3v) is 8.82. The third-order valence-electron chi connectivity index (χ3n) is 7.22. The molecular weight excluding hydrogens is 650 g/mol. The van der Waals surface area contributed by atoms with Gasteiger partial charge >= 0.3 is 5.97 Å². The minimum atomic E-state index is -0.719. The molecule has 7 nitrogen and oxygen atoms in total. The van der Waals surface area contributed by atoms with Crippen LogP contribution in [0.2, 0.25) is 0 Å². The molecule has 0 saturated heterocycles. The summed E-state index contributed by atoms with van der Waals surface area (Å²) in [7, 11) is 0. The zero-order valence-corrected chi connectivity index (χ0v) is 26.5. The summed E-state index contributed by atoms with van der Waals surface area (Å²) in [6.07, 6.45) is 1.82. The van der Waals surface area contributed by atoms with Crippen LogP contribution in [0, 0.1) is 11.3 Å². The lowest BCUT2D eigenvalue weighted by atomic mass is 9.93. The van der Waals surface area contributed by atoms with Crippen LogP contribution in [0.15, 0.2) is 123 Å². The number of thiazole rings is 1. The quantitative estimate of drug-likeness (QED) is 0.184. The van der Waals surface area contributed by atoms with Gasteiger partial charge in [-0.25, -0.2) is 9.79 Å². The van der Waals surface area contributed by atoms with Gasteiger partial charge < -0.3 is 9.47 Å². The van der Waals surface area contributed by atoms with E-state index in [0.29, 0.717) is 38.5 Å². The van der Waals surface area contributed by atoms with Gasteiger partial charge in [0.2, 0.25) is 0 Å². The number of nitriles is 1. The summed E-state index contributed by atoms with van der Waals surface area (Å²) in [4.78, 5) is 33.0. The van der Waals surface area contributed by atoms with Crippen molar-refractivity contribution in [1.82, 2.24) is 4.57 Å². The van der Waals surface area contributed by atoms with Crippen LogP contribution in [0.1, 0.15) is 40.8 Å². The summed E-state index contributed by atoms with van der Waals surface area (Å²) < 4.78 is 14.3. The summed E-state index contributed by atoms with van der Waals surface area (Å²) in [5, 5.41) is 9.01. The Kier molecular flexibility index (Phi) is 8.87. The van der Waals surface area contributed by atoms with Crippen LogP contribution >= 0.6 is 27.3 Å². The van der Waals surface area contributed by atoms with Gasteiger partial charge in [-0.2, -0.15) is 5.26 Å². The zero-order chi connectivity index (χ0) is 31.3. The molecule has 1 aliphatic heterocycles. The van der Waals surface area contributed by atoms with Crippen LogP contribution in [0.4, 0.5) is 0 Å². The number of rotatable bonds is 8. The van der Waals surface area contributed by atoms with Gasteiger partial charge in [-0.1, -0.05) is 90.2 Å². The molecule has 5 aromatic rings. The third kappa shape index (κ3) is 6.29. The van der Waals surface area contributed by atoms with Gasteiger partial charge in [0, 0.05) is 5.56 Å². The molecule has 0 N–H and O–H groups in total. The number of ether oxygens (including phenoxy) is 2. The molecule has 1 aliphatic rings. The predicted molar refractivity (Wildman–Crippen MR) is 177 cm³/mol. The molecule has 45 heavy (non-hydrogen) atoms. The molecule has 0 radical (unpaired) electrons. The summed E-state index contributed by atoms with van der Waals surface area (Å²) in [6.45, 7) is 2.29. The molecule has 0 amide bonds. The minimum absolute atomic E-state index is 0.193. The van der Waals surface area contributed by atoms with Crippen molar-refractivity contribution >= 4 is 45.0 Å². The largest absolute Gasteiger partial charge is 0.488 e. The van der Waals surface area contributed by atoms with Crippen molar-refractivity contribution in [2.24, 2.45) is 4.99 Å². The molecule has 222 valence electrons. The number of fused-ring (bicyclic) bond motifs is 1. The molecule has 6 rings (SSSR count). The van der Waals surface area contributed by atoms with Crippen molar-refractivity contribution in [2.45, 2.75) is 19.6 Å². The fourth-order valence-electron chi connectivity index (χ4n) is 5.10. The number of halogens is 1. The van der Waals surface area contributed by atoms with Gasteiger partial charge in [-0.3, -0.25) is 9.36 Å². The lowest BCUT2D eigenvalue weighted by Crippen LogP contribution is -2.39. The number of carbonyl (C=O) groups excluding carboxylic acids is 1. The fraction of sp³-hybridized carbons (Fsp3) is 0.111. The second-order valence-electron chi connectivity index (χ2n) is 10.1. The van der Waals surface area contributed by atoms with Crippen LogP contribution in [0.25, 0.3) is 11.8 Å². The van der Waals surface area contributed by atoms with E-state index < -0.39 is 12.0 Å². The van der Waals surface area contributed by atoms with Crippen LogP contribution in [-0.4, -0.2) is 17.1 Å². The number of benzene rings is 4. The number of aromatic nitrogens is 1. The number of hydrogen-bond donors (Lipinski definition) is 0. The first kappa shape index (κ1) is 30.0. The van der Waals surface area contributed by atoms with E-state index in [2.05, 4.69) is 22.0 Å². The monoisotopic (exact) mass is 675 g/mol. The SMILES string of the molecule is CCOC(=O)C1=C(c2ccccc2)N=c2s/c(=C\c3ccc(OCc4ccc(C#N)cc4)c(Br)c3)c(=O)n2[C@@H]1c1ccccc1. The zero-order valence-electron chi connectivity index (χ0n) is 24.1. The first-order chi connectivity index (χ1) is 22.0. The van der Waals surface area contributed by atoms with Gasteiger partial charge in [0.05, 0.1) is 44.6 Å². The molecule has 2 heterocycles. The van der Waals surface area contributed by atoms with Gasteiger partial charge in [-0.05, 0) is 69.9 Å². The van der Waals surface area contributed by atoms with Crippen molar-refractivity contribution in [2.75, 3.05) is 6.61 Å². The average molecular weight is 677 g/mol. The van der Waals surface area contributed by atoms with E-state index in [1.807, 2.05) is 97.1 Å².